The van der Waals surface area contributed by atoms with Gasteiger partial charge in [0.2, 0.25) is 5.91 Å². The van der Waals surface area contributed by atoms with Crippen LogP contribution in [0.25, 0.3) is 16.5 Å². The van der Waals surface area contributed by atoms with E-state index in [4.69, 9.17) is 5.11 Å². The molecule has 5 nitrogen and oxygen atoms in total. The quantitative estimate of drug-likeness (QED) is 0.884. The largest absolute Gasteiger partial charge is 0.400 e. The molecule has 2 aromatic rings. The molecule has 3 rings (SSSR count). The third-order valence-corrected chi connectivity index (χ3v) is 5.01. The number of fused-ring (bicyclic) bond motifs is 1. The molecule has 2 heterocycles. The van der Waals surface area contributed by atoms with E-state index in [1.807, 2.05) is 18.7 Å². The average Bonchev–Trinajstić information content (AvgIpc) is 3.05. The molecule has 142 valence electrons. The number of amides is 1. The van der Waals surface area contributed by atoms with Crippen LogP contribution in [0.4, 0.5) is 0 Å². The third-order valence-electron chi connectivity index (χ3n) is 5.01. The van der Waals surface area contributed by atoms with Crippen LogP contribution in [-0.4, -0.2) is 66.1 Å². The molecule has 0 saturated carbocycles. The zero-order valence-electron chi connectivity index (χ0n) is 16.5. The summed E-state index contributed by atoms with van der Waals surface area (Å²) in [5, 5.41) is 8.26. The Bertz CT molecular complexity index is 775. The van der Waals surface area contributed by atoms with Gasteiger partial charge in [0.25, 0.3) is 0 Å². The second-order valence-corrected chi connectivity index (χ2v) is 6.71. The van der Waals surface area contributed by atoms with Gasteiger partial charge in [0.05, 0.1) is 11.4 Å². The molecule has 2 N–H and O–H groups in total. The van der Waals surface area contributed by atoms with Crippen molar-refractivity contribution >= 4 is 22.4 Å². The molecule has 1 aliphatic rings. The van der Waals surface area contributed by atoms with E-state index in [2.05, 4.69) is 54.3 Å². The topological polar surface area (TPSA) is 59.6 Å². The Hall–Kier alpha value is -2.11. The number of hydrogen-bond acceptors (Lipinski definition) is 3. The summed E-state index contributed by atoms with van der Waals surface area (Å²) >= 11 is 0. The number of benzene rings is 1. The summed E-state index contributed by atoms with van der Waals surface area (Å²) in [7, 11) is 3.09. The van der Waals surface area contributed by atoms with Crippen molar-refractivity contribution in [1.29, 1.82) is 0 Å². The lowest BCUT2D eigenvalue weighted by Crippen LogP contribution is -2.42. The SMILES string of the molecule is CCN(CC)C(=O)C1C=C(c2cccc3c(C)c[nH]c23)CN(C)C1.CO. The summed E-state index contributed by atoms with van der Waals surface area (Å²) in [6.45, 7) is 9.41. The third kappa shape index (κ3) is 4.00. The van der Waals surface area contributed by atoms with Crippen molar-refractivity contribution < 1.29 is 9.90 Å². The number of nitrogens with one attached hydrogen (secondary N) is 1. The Labute approximate surface area is 156 Å². The first-order valence-corrected chi connectivity index (χ1v) is 9.25. The fourth-order valence-electron chi connectivity index (χ4n) is 3.70. The second-order valence-electron chi connectivity index (χ2n) is 6.71. The molecule has 1 atom stereocenters. The maximum atomic E-state index is 12.8. The van der Waals surface area contributed by atoms with E-state index >= 15 is 0 Å². The molecule has 1 aliphatic heterocycles. The number of para-hydroxylation sites is 1. The van der Waals surface area contributed by atoms with E-state index in [1.165, 1.54) is 27.6 Å². The van der Waals surface area contributed by atoms with Gasteiger partial charge in [0.15, 0.2) is 0 Å². The summed E-state index contributed by atoms with van der Waals surface area (Å²) in [6.07, 6.45) is 4.24. The highest BCUT2D eigenvalue weighted by Crippen LogP contribution is 2.30. The number of likely N-dealkylation sites (N-methyl/N-ethyl adjacent to an activating group) is 1. The Kier molecular flexibility index (Phi) is 7.00. The van der Waals surface area contributed by atoms with Crippen molar-refractivity contribution in [3.05, 3.63) is 41.6 Å². The molecule has 0 bridgehead atoms. The minimum absolute atomic E-state index is 0.0648. The van der Waals surface area contributed by atoms with Crippen LogP contribution in [0.1, 0.15) is 25.0 Å². The maximum absolute atomic E-state index is 12.8. The zero-order valence-corrected chi connectivity index (χ0v) is 16.5. The molecule has 0 fully saturated rings. The number of aromatic amines is 1. The van der Waals surface area contributed by atoms with Gasteiger partial charge in [-0.1, -0.05) is 24.3 Å². The van der Waals surface area contributed by atoms with Gasteiger partial charge in [-0.05, 0) is 39.0 Å². The van der Waals surface area contributed by atoms with Crippen LogP contribution in [0.3, 0.4) is 0 Å². The van der Waals surface area contributed by atoms with Gasteiger partial charge in [-0.25, -0.2) is 0 Å². The van der Waals surface area contributed by atoms with E-state index in [9.17, 15) is 4.79 Å². The molecular formula is C21H31N3O2. The van der Waals surface area contributed by atoms with E-state index in [1.54, 1.807) is 0 Å². The lowest BCUT2D eigenvalue weighted by molar-refractivity contribution is -0.134. The van der Waals surface area contributed by atoms with Crippen molar-refractivity contribution in [2.45, 2.75) is 20.8 Å². The van der Waals surface area contributed by atoms with Crippen molar-refractivity contribution in [2.75, 3.05) is 40.3 Å². The van der Waals surface area contributed by atoms with Crippen molar-refractivity contribution in [3.8, 4) is 0 Å². The number of aromatic nitrogens is 1. The molecule has 0 radical (unpaired) electrons. The zero-order chi connectivity index (χ0) is 19.3. The smallest absolute Gasteiger partial charge is 0.230 e. The van der Waals surface area contributed by atoms with Crippen molar-refractivity contribution in [1.82, 2.24) is 14.8 Å². The monoisotopic (exact) mass is 357 g/mol. The second kappa shape index (κ2) is 9.01. The highest BCUT2D eigenvalue weighted by Gasteiger charge is 2.27. The number of nitrogens with zero attached hydrogens (tertiary/aromatic N) is 2. The lowest BCUT2D eigenvalue weighted by Gasteiger charge is -2.32. The molecule has 1 amide bonds. The number of aliphatic hydroxyl groups excluding tert-OH is 1. The molecule has 1 unspecified atom stereocenters. The van der Waals surface area contributed by atoms with E-state index < -0.39 is 0 Å². The Morgan fingerprint density at radius 3 is 2.65 bits per heavy atom. The number of aliphatic hydroxyl groups is 1. The van der Waals surface area contributed by atoms with Crippen molar-refractivity contribution in [3.63, 3.8) is 0 Å². The number of aryl methyl sites for hydroxylation is 1. The highest BCUT2D eigenvalue weighted by molar-refractivity contribution is 5.95. The predicted octanol–water partition coefficient (Wildman–Crippen LogP) is 2.90. The van der Waals surface area contributed by atoms with Crippen molar-refractivity contribution in [2.24, 2.45) is 5.92 Å². The van der Waals surface area contributed by atoms with Gasteiger partial charge in [0, 0.05) is 50.4 Å². The normalized spacial score (nSPS) is 17.5. The molecule has 0 aliphatic carbocycles. The van der Waals surface area contributed by atoms with Crippen LogP contribution < -0.4 is 0 Å². The molecule has 0 saturated heterocycles. The minimum Gasteiger partial charge on any atom is -0.400 e. The van der Waals surface area contributed by atoms with Gasteiger partial charge in [-0.15, -0.1) is 0 Å². The van der Waals surface area contributed by atoms with Crippen LogP contribution in [0.15, 0.2) is 30.5 Å². The fraction of sp³-hybridized carbons (Fsp3) is 0.476. The first kappa shape index (κ1) is 20.2. The highest BCUT2D eigenvalue weighted by atomic mass is 16.2. The first-order chi connectivity index (χ1) is 12.5. The van der Waals surface area contributed by atoms with Gasteiger partial charge in [-0.2, -0.15) is 0 Å². The molecular weight excluding hydrogens is 326 g/mol. The van der Waals surface area contributed by atoms with Gasteiger partial charge < -0.3 is 19.9 Å². The van der Waals surface area contributed by atoms with E-state index in [-0.39, 0.29) is 11.8 Å². The Morgan fingerprint density at radius 1 is 1.31 bits per heavy atom. The molecule has 1 aromatic carbocycles. The summed E-state index contributed by atoms with van der Waals surface area (Å²) in [5.41, 5.74) is 4.88. The molecule has 0 spiro atoms. The fourth-order valence-corrected chi connectivity index (χ4v) is 3.70. The average molecular weight is 357 g/mol. The number of rotatable bonds is 4. The standard InChI is InChI=1S/C20H27N3O.CH4O/c1-5-23(6-2)20(24)16-10-15(12-22(4)13-16)18-9-7-8-17-14(3)11-21-19(17)18;1-2/h7-11,16,21H,5-6,12-13H2,1-4H3;2H,1H3. The number of H-pyrrole nitrogens is 1. The summed E-state index contributed by atoms with van der Waals surface area (Å²) in [4.78, 5) is 20.4. The van der Waals surface area contributed by atoms with Crippen LogP contribution in [-0.2, 0) is 4.79 Å². The van der Waals surface area contributed by atoms with Gasteiger partial charge >= 0.3 is 0 Å². The Balaban J connectivity index is 0.00000117. The van der Waals surface area contributed by atoms with Gasteiger partial charge in [-0.3, -0.25) is 4.79 Å². The first-order valence-electron chi connectivity index (χ1n) is 9.25. The van der Waals surface area contributed by atoms with Crippen LogP contribution in [0.5, 0.6) is 0 Å². The number of carbonyl (C=O) groups is 1. The maximum Gasteiger partial charge on any atom is 0.230 e. The summed E-state index contributed by atoms with van der Waals surface area (Å²) < 4.78 is 0. The predicted molar refractivity (Wildman–Crippen MR) is 108 cm³/mol. The Morgan fingerprint density at radius 2 is 2.00 bits per heavy atom. The number of hydrogen-bond donors (Lipinski definition) is 2. The van der Waals surface area contributed by atoms with Crippen LogP contribution in [0, 0.1) is 12.8 Å². The lowest BCUT2D eigenvalue weighted by atomic mass is 9.93. The minimum atomic E-state index is -0.0648. The summed E-state index contributed by atoms with van der Waals surface area (Å²) in [6, 6.07) is 6.41. The summed E-state index contributed by atoms with van der Waals surface area (Å²) in [5.74, 6) is 0.170. The van der Waals surface area contributed by atoms with E-state index in [0.29, 0.717) is 0 Å². The number of carbonyl (C=O) groups excluding carboxylic acids is 1. The molecule has 1 aromatic heterocycles. The van der Waals surface area contributed by atoms with Gasteiger partial charge in [0.1, 0.15) is 0 Å². The molecule has 26 heavy (non-hydrogen) atoms. The van der Waals surface area contributed by atoms with Crippen LogP contribution in [0.2, 0.25) is 0 Å². The van der Waals surface area contributed by atoms with Crippen LogP contribution >= 0.6 is 0 Å². The molecule has 5 heteroatoms. The van der Waals surface area contributed by atoms with E-state index in [0.717, 1.165) is 33.3 Å².